The van der Waals surface area contributed by atoms with Crippen LogP contribution < -0.4 is 15.8 Å². The Kier molecular flexibility index (Phi) is 6.74. The summed E-state index contributed by atoms with van der Waals surface area (Å²) in [6.07, 6.45) is 0.933. The van der Waals surface area contributed by atoms with E-state index in [9.17, 15) is 8.42 Å². The van der Waals surface area contributed by atoms with Gasteiger partial charge in [0.2, 0.25) is 10.0 Å². The van der Waals surface area contributed by atoms with Gasteiger partial charge in [-0.25, -0.2) is 13.1 Å². The van der Waals surface area contributed by atoms with Crippen molar-refractivity contribution in [1.29, 1.82) is 0 Å². The van der Waals surface area contributed by atoms with Crippen molar-refractivity contribution < 1.29 is 8.42 Å². The lowest BCUT2D eigenvalue weighted by molar-refractivity contribution is 0.584. The van der Waals surface area contributed by atoms with Crippen molar-refractivity contribution in [2.45, 2.75) is 30.5 Å². The molecule has 1 aromatic heterocycles. The number of nitrogens with one attached hydrogen (secondary N) is 2. The second-order valence-corrected chi connectivity index (χ2v) is 7.89. The van der Waals surface area contributed by atoms with E-state index in [2.05, 4.69) is 15.0 Å². The maximum Gasteiger partial charge on any atom is 0.250 e. The maximum absolute atomic E-state index is 11.9. The van der Waals surface area contributed by atoms with Crippen LogP contribution in [-0.2, 0) is 10.0 Å². The number of sulfonamides is 1. The number of nitrogens with zero attached hydrogens (tertiary/aromatic N) is 1. The molecule has 9 heteroatoms. The molecule has 20 heavy (non-hydrogen) atoms. The zero-order valence-corrected chi connectivity index (χ0v) is 13.8. The fraction of sp³-hybridized carbons (Fsp3) is 0.545. The zero-order valence-electron chi connectivity index (χ0n) is 11.4. The van der Waals surface area contributed by atoms with Gasteiger partial charge in [-0.2, -0.15) is 0 Å². The summed E-state index contributed by atoms with van der Waals surface area (Å²) in [5, 5.41) is 3.00. The van der Waals surface area contributed by atoms with Gasteiger partial charge in [0.1, 0.15) is 4.21 Å². The van der Waals surface area contributed by atoms with Crippen molar-refractivity contribution in [2.75, 3.05) is 13.1 Å². The van der Waals surface area contributed by atoms with E-state index in [1.165, 1.54) is 6.07 Å². The van der Waals surface area contributed by atoms with E-state index in [1.807, 2.05) is 13.8 Å². The molecule has 0 aromatic carbocycles. The number of guanidine groups is 1. The van der Waals surface area contributed by atoms with Crippen LogP contribution in [0.5, 0.6) is 0 Å². The van der Waals surface area contributed by atoms with E-state index in [0.717, 1.165) is 17.8 Å². The SMILES string of the molecule is CCC(C)NC(N)=NCCNS(=O)(=O)c1ccc(Cl)s1. The first-order valence-corrected chi connectivity index (χ1v) is 8.84. The second kappa shape index (κ2) is 7.82. The molecule has 6 nitrogen and oxygen atoms in total. The Morgan fingerprint density at radius 2 is 2.25 bits per heavy atom. The van der Waals surface area contributed by atoms with Gasteiger partial charge in [0.25, 0.3) is 0 Å². The van der Waals surface area contributed by atoms with Crippen molar-refractivity contribution in [3.8, 4) is 0 Å². The highest BCUT2D eigenvalue weighted by molar-refractivity contribution is 7.91. The fourth-order valence-electron chi connectivity index (χ4n) is 1.27. The van der Waals surface area contributed by atoms with Crippen LogP contribution in [0.25, 0.3) is 0 Å². The average molecular weight is 339 g/mol. The van der Waals surface area contributed by atoms with Gasteiger partial charge in [-0.15, -0.1) is 11.3 Å². The molecule has 114 valence electrons. The predicted octanol–water partition coefficient (Wildman–Crippen LogP) is 1.38. The van der Waals surface area contributed by atoms with Gasteiger partial charge in [0.05, 0.1) is 10.9 Å². The Balaban J connectivity index is 2.42. The van der Waals surface area contributed by atoms with Crippen molar-refractivity contribution in [2.24, 2.45) is 10.7 Å². The van der Waals surface area contributed by atoms with Crippen LogP contribution in [0, 0.1) is 0 Å². The van der Waals surface area contributed by atoms with Crippen LogP contribution in [-0.4, -0.2) is 33.5 Å². The molecule has 0 saturated carbocycles. The Morgan fingerprint density at radius 3 is 2.80 bits per heavy atom. The quantitative estimate of drug-likeness (QED) is 0.397. The fourth-order valence-corrected chi connectivity index (χ4v) is 3.82. The van der Waals surface area contributed by atoms with Gasteiger partial charge < -0.3 is 11.1 Å². The molecule has 1 aromatic rings. The molecule has 0 aliphatic carbocycles. The third-order valence-electron chi connectivity index (χ3n) is 2.51. The topological polar surface area (TPSA) is 96.6 Å². The number of aliphatic imine (C=N–C) groups is 1. The van der Waals surface area contributed by atoms with E-state index in [0.29, 0.717) is 10.3 Å². The molecule has 0 amide bonds. The number of thiophene rings is 1. The molecule has 0 spiro atoms. The molecule has 1 atom stereocenters. The first kappa shape index (κ1) is 17.2. The average Bonchev–Trinajstić information content (AvgIpc) is 2.82. The van der Waals surface area contributed by atoms with Crippen molar-refractivity contribution in [3.63, 3.8) is 0 Å². The van der Waals surface area contributed by atoms with E-state index in [4.69, 9.17) is 17.3 Å². The third kappa shape index (κ3) is 5.66. The van der Waals surface area contributed by atoms with E-state index >= 15 is 0 Å². The first-order valence-electron chi connectivity index (χ1n) is 6.16. The van der Waals surface area contributed by atoms with Gasteiger partial charge in [-0.1, -0.05) is 18.5 Å². The summed E-state index contributed by atoms with van der Waals surface area (Å²) < 4.78 is 26.8. The monoisotopic (exact) mass is 338 g/mol. The van der Waals surface area contributed by atoms with Crippen LogP contribution in [0.2, 0.25) is 4.34 Å². The number of hydrogen-bond acceptors (Lipinski definition) is 4. The first-order chi connectivity index (χ1) is 9.35. The Hall–Kier alpha value is -0.830. The summed E-state index contributed by atoms with van der Waals surface area (Å²) in [4.78, 5) is 4.05. The van der Waals surface area contributed by atoms with Gasteiger partial charge in [0, 0.05) is 12.6 Å². The molecule has 0 aliphatic heterocycles. The smallest absolute Gasteiger partial charge is 0.250 e. The number of halogens is 1. The van der Waals surface area contributed by atoms with Crippen LogP contribution >= 0.6 is 22.9 Å². The van der Waals surface area contributed by atoms with Crippen LogP contribution in [0.3, 0.4) is 0 Å². The molecule has 0 fully saturated rings. The Morgan fingerprint density at radius 1 is 1.55 bits per heavy atom. The largest absolute Gasteiger partial charge is 0.370 e. The minimum atomic E-state index is -3.51. The van der Waals surface area contributed by atoms with E-state index < -0.39 is 10.0 Å². The second-order valence-electron chi connectivity index (χ2n) is 4.18. The highest BCUT2D eigenvalue weighted by Gasteiger charge is 2.15. The lowest BCUT2D eigenvalue weighted by Gasteiger charge is -2.11. The Labute approximate surface area is 128 Å². The van der Waals surface area contributed by atoms with Crippen molar-refractivity contribution in [1.82, 2.24) is 10.0 Å². The Bertz CT molecular complexity index is 557. The molecule has 0 aliphatic rings. The van der Waals surface area contributed by atoms with Gasteiger partial charge in [-0.05, 0) is 25.5 Å². The highest BCUT2D eigenvalue weighted by Crippen LogP contribution is 2.25. The predicted molar refractivity (Wildman–Crippen MR) is 83.9 cm³/mol. The standard InChI is InChI=1S/C11H19ClN4O2S2/c1-3-8(2)16-11(13)14-6-7-15-20(17,18)10-5-4-9(12)19-10/h4-5,8,15H,3,6-7H2,1-2H3,(H3,13,14,16). The minimum absolute atomic E-state index is 0.181. The molecular weight excluding hydrogens is 320 g/mol. The van der Waals surface area contributed by atoms with Crippen LogP contribution in [0.1, 0.15) is 20.3 Å². The van der Waals surface area contributed by atoms with E-state index in [1.54, 1.807) is 6.07 Å². The van der Waals surface area contributed by atoms with Crippen LogP contribution in [0.15, 0.2) is 21.3 Å². The minimum Gasteiger partial charge on any atom is -0.370 e. The lowest BCUT2D eigenvalue weighted by Crippen LogP contribution is -2.38. The summed E-state index contributed by atoms with van der Waals surface area (Å²) in [5.41, 5.74) is 5.66. The summed E-state index contributed by atoms with van der Waals surface area (Å²) in [6.45, 7) is 4.48. The van der Waals surface area contributed by atoms with Gasteiger partial charge in [-0.3, -0.25) is 4.99 Å². The normalized spacial score (nSPS) is 14.2. The van der Waals surface area contributed by atoms with Gasteiger partial charge >= 0.3 is 0 Å². The molecular formula is C11H19ClN4O2S2. The van der Waals surface area contributed by atoms with E-state index in [-0.39, 0.29) is 23.3 Å². The van der Waals surface area contributed by atoms with Crippen molar-refractivity contribution in [3.05, 3.63) is 16.5 Å². The molecule has 1 unspecified atom stereocenters. The highest BCUT2D eigenvalue weighted by atomic mass is 35.5. The molecule has 0 saturated heterocycles. The maximum atomic E-state index is 11.9. The molecule has 1 rings (SSSR count). The summed E-state index contributed by atoms with van der Waals surface area (Å²) >= 11 is 6.72. The summed E-state index contributed by atoms with van der Waals surface area (Å²) in [7, 11) is -3.51. The summed E-state index contributed by atoms with van der Waals surface area (Å²) in [5.74, 6) is 0.317. The lowest BCUT2D eigenvalue weighted by atomic mass is 10.3. The number of rotatable bonds is 7. The number of nitrogens with two attached hydrogens (primary N) is 1. The van der Waals surface area contributed by atoms with Gasteiger partial charge in [0.15, 0.2) is 5.96 Å². The molecule has 4 N–H and O–H groups in total. The zero-order chi connectivity index (χ0) is 15.2. The van der Waals surface area contributed by atoms with Crippen molar-refractivity contribution >= 4 is 38.9 Å². The summed E-state index contributed by atoms with van der Waals surface area (Å²) in [6, 6.07) is 3.26. The number of hydrogen-bond donors (Lipinski definition) is 3. The third-order valence-corrected chi connectivity index (χ3v) is 5.69. The molecule has 0 radical (unpaired) electrons. The van der Waals surface area contributed by atoms with Crippen LogP contribution in [0.4, 0.5) is 0 Å². The molecule has 1 heterocycles. The molecule has 0 bridgehead atoms.